The second-order valence-electron chi connectivity index (χ2n) is 5.89. The van der Waals surface area contributed by atoms with Crippen LogP contribution >= 0.6 is 0 Å². The van der Waals surface area contributed by atoms with Crippen molar-refractivity contribution in [3.63, 3.8) is 0 Å². The Bertz CT molecular complexity index is 714. The molecule has 1 aliphatic rings. The topological polar surface area (TPSA) is 54.3 Å². The van der Waals surface area contributed by atoms with Gasteiger partial charge in [-0.2, -0.15) is 0 Å². The predicted molar refractivity (Wildman–Crippen MR) is 85.4 cm³/mol. The van der Waals surface area contributed by atoms with Crippen molar-refractivity contribution in [1.82, 2.24) is 14.8 Å². The summed E-state index contributed by atoms with van der Waals surface area (Å²) in [6.07, 6.45) is 3.33. The van der Waals surface area contributed by atoms with Crippen molar-refractivity contribution in [2.75, 3.05) is 20.1 Å². The summed E-state index contributed by atoms with van der Waals surface area (Å²) in [5.41, 5.74) is 2.39. The minimum atomic E-state index is -0.0356. The molecule has 1 aliphatic heterocycles. The average Bonchev–Trinajstić information content (AvgIpc) is 2.80. The molecule has 0 aliphatic carbocycles. The molecular weight excluding hydrogens is 278 g/mol. The minimum Gasteiger partial charge on any atom is -0.359 e. The van der Waals surface area contributed by atoms with E-state index in [1.54, 1.807) is 11.9 Å². The van der Waals surface area contributed by atoms with Crippen LogP contribution in [-0.4, -0.2) is 41.4 Å². The lowest BCUT2D eigenvalue weighted by atomic mass is 9.98. The Morgan fingerprint density at radius 2 is 2.00 bits per heavy atom. The molecule has 3 rings (SSSR count). The van der Waals surface area contributed by atoms with E-state index in [0.717, 1.165) is 6.42 Å². The van der Waals surface area contributed by atoms with E-state index < -0.39 is 0 Å². The molecule has 2 heterocycles. The molecule has 1 saturated heterocycles. The number of fused-ring (bicyclic) bond motifs is 1. The Hall–Kier alpha value is -2.30. The molecule has 1 fully saturated rings. The molecule has 22 heavy (non-hydrogen) atoms. The van der Waals surface area contributed by atoms with Gasteiger partial charge in [0.25, 0.3) is 0 Å². The number of aromatic nitrogens is 1. The summed E-state index contributed by atoms with van der Waals surface area (Å²) in [7, 11) is 3.66. The fraction of sp³-hybridized carbons (Fsp3) is 0.412. The average molecular weight is 299 g/mol. The Morgan fingerprint density at radius 1 is 1.27 bits per heavy atom. The molecule has 2 aromatic rings. The summed E-state index contributed by atoms with van der Waals surface area (Å²) < 4.78 is 2.10. The fourth-order valence-electron chi connectivity index (χ4n) is 3.08. The van der Waals surface area contributed by atoms with Crippen molar-refractivity contribution in [2.45, 2.75) is 12.8 Å². The van der Waals surface area contributed by atoms with Crippen LogP contribution in [-0.2, 0) is 23.1 Å². The zero-order valence-corrected chi connectivity index (χ0v) is 13.0. The van der Waals surface area contributed by atoms with Gasteiger partial charge in [0, 0.05) is 50.7 Å². The largest absolute Gasteiger partial charge is 0.359 e. The van der Waals surface area contributed by atoms with Gasteiger partial charge in [-0.05, 0) is 18.1 Å². The summed E-state index contributed by atoms with van der Waals surface area (Å²) in [5, 5.41) is 3.84. The predicted octanol–water partition coefficient (Wildman–Crippen LogP) is 1.32. The highest BCUT2D eigenvalue weighted by Crippen LogP contribution is 2.23. The number of rotatable bonds is 4. The molecule has 5 nitrogen and oxygen atoms in total. The third-order valence-electron chi connectivity index (χ3n) is 4.44. The second kappa shape index (κ2) is 5.83. The molecule has 1 N–H and O–H groups in total. The molecule has 1 aromatic carbocycles. The van der Waals surface area contributed by atoms with Crippen molar-refractivity contribution < 1.29 is 9.59 Å². The van der Waals surface area contributed by atoms with Gasteiger partial charge in [0.2, 0.25) is 11.8 Å². The molecule has 0 bridgehead atoms. The van der Waals surface area contributed by atoms with Crippen LogP contribution in [0.15, 0.2) is 30.5 Å². The second-order valence-corrected chi connectivity index (χ2v) is 5.89. The van der Waals surface area contributed by atoms with Crippen LogP contribution < -0.4 is 5.32 Å². The van der Waals surface area contributed by atoms with Crippen LogP contribution in [0, 0.1) is 5.92 Å². The first kappa shape index (κ1) is 14.6. The van der Waals surface area contributed by atoms with E-state index in [2.05, 4.69) is 28.2 Å². The Morgan fingerprint density at radius 3 is 2.73 bits per heavy atom. The normalized spacial score (nSPS) is 14.9. The SMILES string of the molecule is CNC(=O)C1CN(C(=O)CCc2cn(C)c3ccccc23)C1. The van der Waals surface area contributed by atoms with E-state index in [0.29, 0.717) is 19.5 Å². The van der Waals surface area contributed by atoms with Gasteiger partial charge < -0.3 is 14.8 Å². The molecule has 0 saturated carbocycles. The van der Waals surface area contributed by atoms with Gasteiger partial charge in [-0.1, -0.05) is 18.2 Å². The van der Waals surface area contributed by atoms with Gasteiger partial charge in [0.1, 0.15) is 0 Å². The minimum absolute atomic E-state index is 0.0260. The molecule has 0 radical (unpaired) electrons. The molecular formula is C17H21N3O2. The number of para-hydroxylation sites is 1. The van der Waals surface area contributed by atoms with Crippen molar-refractivity contribution >= 4 is 22.7 Å². The number of nitrogens with one attached hydrogen (secondary N) is 1. The molecule has 2 amide bonds. The van der Waals surface area contributed by atoms with Gasteiger partial charge >= 0.3 is 0 Å². The van der Waals surface area contributed by atoms with Crippen molar-refractivity contribution in [3.05, 3.63) is 36.0 Å². The number of benzene rings is 1. The molecule has 1 aromatic heterocycles. The Labute approximate surface area is 129 Å². The van der Waals surface area contributed by atoms with E-state index in [9.17, 15) is 9.59 Å². The zero-order chi connectivity index (χ0) is 15.7. The molecule has 0 atom stereocenters. The lowest BCUT2D eigenvalue weighted by Crippen LogP contribution is -2.55. The molecule has 0 spiro atoms. The number of carbonyl (C=O) groups is 2. The van der Waals surface area contributed by atoms with Crippen LogP contribution in [0.4, 0.5) is 0 Å². The molecule has 116 valence electrons. The summed E-state index contributed by atoms with van der Waals surface area (Å²) >= 11 is 0. The fourth-order valence-corrected chi connectivity index (χ4v) is 3.08. The zero-order valence-electron chi connectivity index (χ0n) is 13.0. The number of carbonyl (C=O) groups excluding carboxylic acids is 2. The number of hydrogen-bond acceptors (Lipinski definition) is 2. The molecule has 0 unspecified atom stereocenters. The monoisotopic (exact) mass is 299 g/mol. The van der Waals surface area contributed by atoms with Gasteiger partial charge in [-0.25, -0.2) is 0 Å². The highest BCUT2D eigenvalue weighted by atomic mass is 16.2. The van der Waals surface area contributed by atoms with Gasteiger partial charge in [0.15, 0.2) is 0 Å². The Kier molecular flexibility index (Phi) is 3.88. The van der Waals surface area contributed by atoms with E-state index in [1.807, 2.05) is 19.2 Å². The van der Waals surface area contributed by atoms with Crippen LogP contribution in [0.25, 0.3) is 10.9 Å². The number of aryl methyl sites for hydroxylation is 2. The first-order valence-corrected chi connectivity index (χ1v) is 7.62. The van der Waals surface area contributed by atoms with Crippen LogP contribution in [0.5, 0.6) is 0 Å². The van der Waals surface area contributed by atoms with Crippen LogP contribution in [0.3, 0.4) is 0 Å². The standard InChI is InChI=1S/C17H21N3O2/c1-18-17(22)13-10-20(11-13)16(21)8-7-12-9-19(2)15-6-4-3-5-14(12)15/h3-6,9,13H,7-8,10-11H2,1-2H3,(H,18,22). The van der Waals surface area contributed by atoms with Crippen LogP contribution in [0.1, 0.15) is 12.0 Å². The summed E-state index contributed by atoms with van der Waals surface area (Å²) in [6, 6.07) is 8.23. The third kappa shape index (κ3) is 2.58. The molecule has 5 heteroatoms. The smallest absolute Gasteiger partial charge is 0.226 e. The van der Waals surface area contributed by atoms with E-state index >= 15 is 0 Å². The highest BCUT2D eigenvalue weighted by molar-refractivity contribution is 5.86. The van der Waals surface area contributed by atoms with Crippen molar-refractivity contribution in [2.24, 2.45) is 13.0 Å². The first-order valence-electron chi connectivity index (χ1n) is 7.62. The van der Waals surface area contributed by atoms with E-state index in [4.69, 9.17) is 0 Å². The summed E-state index contributed by atoms with van der Waals surface area (Å²) in [6.45, 7) is 1.10. The lowest BCUT2D eigenvalue weighted by Gasteiger charge is -2.38. The van der Waals surface area contributed by atoms with Gasteiger partial charge in [-0.15, -0.1) is 0 Å². The maximum Gasteiger partial charge on any atom is 0.226 e. The number of amides is 2. The van der Waals surface area contributed by atoms with Crippen molar-refractivity contribution in [3.8, 4) is 0 Å². The lowest BCUT2D eigenvalue weighted by molar-refractivity contribution is -0.142. The van der Waals surface area contributed by atoms with Gasteiger partial charge in [-0.3, -0.25) is 9.59 Å². The van der Waals surface area contributed by atoms with E-state index in [1.165, 1.54) is 16.5 Å². The maximum atomic E-state index is 12.2. The third-order valence-corrected chi connectivity index (χ3v) is 4.44. The van der Waals surface area contributed by atoms with E-state index in [-0.39, 0.29) is 17.7 Å². The summed E-state index contributed by atoms with van der Waals surface area (Å²) in [5.74, 6) is 0.123. The quantitative estimate of drug-likeness (QED) is 0.925. The number of nitrogens with zero attached hydrogens (tertiary/aromatic N) is 2. The maximum absolute atomic E-state index is 12.2. The number of hydrogen-bond donors (Lipinski definition) is 1. The first-order chi connectivity index (χ1) is 10.6. The van der Waals surface area contributed by atoms with Gasteiger partial charge in [0.05, 0.1) is 5.92 Å². The summed E-state index contributed by atoms with van der Waals surface area (Å²) in [4.78, 5) is 25.4. The van der Waals surface area contributed by atoms with Crippen molar-refractivity contribution in [1.29, 1.82) is 0 Å². The van der Waals surface area contributed by atoms with Crippen LogP contribution in [0.2, 0.25) is 0 Å². The highest BCUT2D eigenvalue weighted by Gasteiger charge is 2.34. The Balaban J connectivity index is 1.59. The number of likely N-dealkylation sites (tertiary alicyclic amines) is 1.